The van der Waals surface area contributed by atoms with Gasteiger partial charge < -0.3 is 0 Å². The van der Waals surface area contributed by atoms with Crippen molar-refractivity contribution in [3.8, 4) is 0 Å². The average molecular weight is 151 g/mol. The van der Waals surface area contributed by atoms with Crippen LogP contribution in [0.4, 0.5) is 0 Å². The molecule has 0 aromatic carbocycles. The van der Waals surface area contributed by atoms with Crippen LogP contribution in [-0.4, -0.2) is 0 Å². The first-order chi connectivity index (χ1) is 5.34. The molecule has 0 nitrogen and oxygen atoms in total. The summed E-state index contributed by atoms with van der Waals surface area (Å²) < 4.78 is 0. The van der Waals surface area contributed by atoms with Crippen molar-refractivity contribution in [3.05, 3.63) is 19.1 Å². The molecule has 0 bridgehead atoms. The van der Waals surface area contributed by atoms with Crippen LogP contribution in [0.5, 0.6) is 0 Å². The van der Waals surface area contributed by atoms with Crippen LogP contribution in [0, 0.1) is 18.8 Å². The molecule has 0 fully saturated rings. The van der Waals surface area contributed by atoms with Crippen LogP contribution in [-0.2, 0) is 0 Å². The van der Waals surface area contributed by atoms with Gasteiger partial charge >= 0.3 is 0 Å². The first-order valence-corrected chi connectivity index (χ1v) is 4.79. The third kappa shape index (κ3) is 2.69. The molecule has 1 rings (SSSR count). The van der Waals surface area contributed by atoms with Gasteiger partial charge in [0.2, 0.25) is 0 Å². The third-order valence-electron chi connectivity index (χ3n) is 2.81. The largest absolute Gasteiger partial charge is 0.0885 e. The Morgan fingerprint density at radius 1 is 1.55 bits per heavy atom. The molecule has 0 aromatic heterocycles. The normalized spacial score (nSPS) is 28.0. The molecule has 0 saturated carbocycles. The third-order valence-corrected chi connectivity index (χ3v) is 2.81. The van der Waals surface area contributed by atoms with Crippen molar-refractivity contribution in [2.24, 2.45) is 11.8 Å². The van der Waals surface area contributed by atoms with Gasteiger partial charge in [-0.2, -0.15) is 0 Å². The highest BCUT2D eigenvalue weighted by atomic mass is 14.2. The summed E-state index contributed by atoms with van der Waals surface area (Å²) in [6, 6.07) is 0. The molecule has 63 valence electrons. The van der Waals surface area contributed by atoms with Crippen LogP contribution in [0.15, 0.2) is 12.2 Å². The predicted octanol–water partition coefficient (Wildman–Crippen LogP) is 3.59. The fourth-order valence-electron chi connectivity index (χ4n) is 1.76. The highest BCUT2D eigenvalue weighted by Gasteiger charge is 2.14. The zero-order valence-corrected chi connectivity index (χ0v) is 7.55. The molecule has 1 radical (unpaired) electrons. The first-order valence-electron chi connectivity index (χ1n) is 4.79. The first kappa shape index (κ1) is 8.83. The van der Waals surface area contributed by atoms with E-state index >= 15 is 0 Å². The summed E-state index contributed by atoms with van der Waals surface area (Å²) in [6.45, 7) is 6.30. The summed E-state index contributed by atoms with van der Waals surface area (Å²) in [7, 11) is 0. The van der Waals surface area contributed by atoms with E-state index in [2.05, 4.69) is 26.0 Å². The van der Waals surface area contributed by atoms with E-state index in [1.165, 1.54) is 25.7 Å². The van der Waals surface area contributed by atoms with Crippen molar-refractivity contribution in [1.29, 1.82) is 0 Å². The van der Waals surface area contributed by atoms with Crippen LogP contribution in [0.2, 0.25) is 0 Å². The minimum Gasteiger partial charge on any atom is -0.0885 e. The number of rotatable bonds is 2. The lowest BCUT2D eigenvalue weighted by atomic mass is 9.86. The molecular formula is C11H19. The van der Waals surface area contributed by atoms with Crippen molar-refractivity contribution in [2.45, 2.75) is 39.0 Å². The van der Waals surface area contributed by atoms with Gasteiger partial charge in [-0.3, -0.25) is 0 Å². The molecule has 0 spiro atoms. The number of hydrogen-bond donors (Lipinski definition) is 0. The van der Waals surface area contributed by atoms with Crippen molar-refractivity contribution in [1.82, 2.24) is 0 Å². The minimum atomic E-state index is 0.817. The zero-order valence-electron chi connectivity index (χ0n) is 7.55. The Labute approximate surface area is 70.7 Å². The smallest absolute Gasteiger partial charge is 0.0320 e. The second-order valence-electron chi connectivity index (χ2n) is 3.66. The molecular weight excluding hydrogens is 132 g/mol. The molecule has 0 heterocycles. The van der Waals surface area contributed by atoms with Crippen LogP contribution in [0.25, 0.3) is 0 Å². The van der Waals surface area contributed by atoms with Crippen molar-refractivity contribution in [2.75, 3.05) is 0 Å². The molecule has 0 heteroatoms. The zero-order chi connectivity index (χ0) is 8.10. The van der Waals surface area contributed by atoms with E-state index in [0.717, 1.165) is 18.3 Å². The Balaban J connectivity index is 2.37. The Morgan fingerprint density at radius 3 is 3.09 bits per heavy atom. The Bertz CT molecular complexity index is 124. The molecule has 0 amide bonds. The maximum Gasteiger partial charge on any atom is -0.0320 e. The van der Waals surface area contributed by atoms with Crippen molar-refractivity contribution >= 4 is 0 Å². The second kappa shape index (κ2) is 4.58. The van der Waals surface area contributed by atoms with Crippen molar-refractivity contribution in [3.63, 3.8) is 0 Å². The molecule has 1 aliphatic rings. The van der Waals surface area contributed by atoms with Crippen LogP contribution in [0.1, 0.15) is 39.0 Å². The molecule has 0 saturated heterocycles. The van der Waals surface area contributed by atoms with Gasteiger partial charge in [0.15, 0.2) is 0 Å². The van der Waals surface area contributed by atoms with E-state index in [1.54, 1.807) is 0 Å². The van der Waals surface area contributed by atoms with Gasteiger partial charge in [-0.05, 0) is 37.5 Å². The summed E-state index contributed by atoms with van der Waals surface area (Å²) in [4.78, 5) is 0. The maximum atomic E-state index is 3.97. The average Bonchev–Trinajstić information content (AvgIpc) is 2.30. The molecule has 0 aliphatic heterocycles. The summed E-state index contributed by atoms with van der Waals surface area (Å²) in [5.74, 6) is 1.73. The Morgan fingerprint density at radius 2 is 2.36 bits per heavy atom. The fourth-order valence-corrected chi connectivity index (χ4v) is 1.76. The monoisotopic (exact) mass is 151 g/mol. The van der Waals surface area contributed by atoms with Crippen LogP contribution < -0.4 is 0 Å². The summed E-state index contributed by atoms with van der Waals surface area (Å²) >= 11 is 0. The van der Waals surface area contributed by atoms with Crippen molar-refractivity contribution < 1.29 is 0 Å². The lowest BCUT2D eigenvalue weighted by molar-refractivity contribution is 0.338. The molecule has 11 heavy (non-hydrogen) atoms. The van der Waals surface area contributed by atoms with Gasteiger partial charge in [0.25, 0.3) is 0 Å². The number of allylic oxidation sites excluding steroid dienone is 2. The second-order valence-corrected chi connectivity index (χ2v) is 3.66. The van der Waals surface area contributed by atoms with Gasteiger partial charge in [0.05, 0.1) is 0 Å². The molecule has 2 unspecified atom stereocenters. The fraction of sp³-hybridized carbons (Fsp3) is 0.727. The molecule has 0 N–H and O–H groups in total. The van der Waals surface area contributed by atoms with Gasteiger partial charge in [-0.25, -0.2) is 0 Å². The molecule has 0 aromatic rings. The molecule has 2 atom stereocenters. The summed E-state index contributed by atoms with van der Waals surface area (Å²) in [5.41, 5.74) is 0. The standard InChI is InChI=1S/C11H19/c1-3-10(2)11-8-6-4-5-7-9-11/h4,6,10-11H,1,3,5,7-9H2,2H3. The predicted molar refractivity (Wildman–Crippen MR) is 50.2 cm³/mol. The van der Waals surface area contributed by atoms with E-state index in [1.807, 2.05) is 0 Å². The van der Waals surface area contributed by atoms with E-state index in [-0.39, 0.29) is 0 Å². The summed E-state index contributed by atoms with van der Waals surface area (Å²) in [5, 5.41) is 0. The van der Waals surface area contributed by atoms with Crippen LogP contribution >= 0.6 is 0 Å². The lowest BCUT2D eigenvalue weighted by Crippen LogP contribution is -2.09. The van der Waals surface area contributed by atoms with Gasteiger partial charge in [-0.15, -0.1) is 0 Å². The highest BCUT2D eigenvalue weighted by Crippen LogP contribution is 2.27. The van der Waals surface area contributed by atoms with Gasteiger partial charge in [0.1, 0.15) is 0 Å². The number of hydrogen-bond acceptors (Lipinski definition) is 0. The van der Waals surface area contributed by atoms with E-state index in [4.69, 9.17) is 0 Å². The molecule has 1 aliphatic carbocycles. The topological polar surface area (TPSA) is 0 Å². The van der Waals surface area contributed by atoms with E-state index in [9.17, 15) is 0 Å². The van der Waals surface area contributed by atoms with Gasteiger partial charge in [0, 0.05) is 0 Å². The summed E-state index contributed by atoms with van der Waals surface area (Å²) in [6.07, 6.45) is 11.1. The SMILES string of the molecule is [CH2]CC(C)C1CC=CCCC1. The maximum absolute atomic E-state index is 3.97. The van der Waals surface area contributed by atoms with Gasteiger partial charge in [-0.1, -0.05) is 32.4 Å². The highest BCUT2D eigenvalue weighted by molar-refractivity contribution is 4.88. The quantitative estimate of drug-likeness (QED) is 0.529. The van der Waals surface area contributed by atoms with E-state index < -0.39 is 0 Å². The van der Waals surface area contributed by atoms with E-state index in [0.29, 0.717) is 0 Å². The van der Waals surface area contributed by atoms with Crippen LogP contribution in [0.3, 0.4) is 0 Å². The Kier molecular flexibility index (Phi) is 3.68. The lowest BCUT2D eigenvalue weighted by Gasteiger charge is -2.19. The Hall–Kier alpha value is -0.260. The minimum absolute atomic E-state index is 0.817.